The van der Waals surface area contributed by atoms with Crippen LogP contribution in [0, 0.1) is 18.6 Å². The maximum absolute atomic E-state index is 14.4. The van der Waals surface area contributed by atoms with E-state index in [1.165, 1.54) is 31.3 Å². The third-order valence-corrected chi connectivity index (χ3v) is 5.77. The Hall–Kier alpha value is -3.03. The minimum absolute atomic E-state index is 0.177. The van der Waals surface area contributed by atoms with Gasteiger partial charge in [0, 0.05) is 41.4 Å². The lowest BCUT2D eigenvalue weighted by atomic mass is 10.0. The molecule has 150 valence electrons. The van der Waals surface area contributed by atoms with Crippen LogP contribution in [0.2, 0.25) is 0 Å². The molecule has 0 amide bonds. The zero-order valence-electron chi connectivity index (χ0n) is 16.1. The molecule has 1 atom stereocenters. The van der Waals surface area contributed by atoms with Crippen LogP contribution in [0.5, 0.6) is 0 Å². The topological polar surface area (TPSA) is 69.7 Å². The Morgan fingerprint density at radius 3 is 2.79 bits per heavy atom. The first kappa shape index (κ1) is 18.0. The molecular weight excluding hydrogens is 374 g/mol. The van der Waals surface area contributed by atoms with Crippen molar-refractivity contribution in [2.75, 3.05) is 16.8 Å². The zero-order chi connectivity index (χ0) is 20.0. The van der Waals surface area contributed by atoms with Gasteiger partial charge in [-0.15, -0.1) is 0 Å². The number of rotatable bonds is 5. The van der Waals surface area contributed by atoms with E-state index < -0.39 is 11.6 Å². The van der Waals surface area contributed by atoms with Crippen LogP contribution in [0.25, 0.3) is 0 Å². The lowest BCUT2D eigenvalue weighted by molar-refractivity contribution is 0.553. The van der Waals surface area contributed by atoms with E-state index in [0.717, 1.165) is 48.3 Å². The van der Waals surface area contributed by atoms with Crippen LogP contribution in [-0.4, -0.2) is 26.7 Å². The quantitative estimate of drug-likeness (QED) is 0.651. The molecule has 1 aliphatic heterocycles. The number of benzene rings is 1. The third-order valence-electron chi connectivity index (χ3n) is 5.77. The standard InChI is InChI=1S/C21H22F2N6/c1-12-20(26-19-10-17(27-28-19)13-4-5-13)24-11-25-21(12)29-8-2-3-18(29)15-7-6-14(22)9-16(15)23/h6-7,9-11,13,18H,2-5,8H2,1H3,(H2,24,25,26,27,28). The van der Waals surface area contributed by atoms with Crippen LogP contribution in [0.1, 0.15) is 54.5 Å². The van der Waals surface area contributed by atoms with Gasteiger partial charge in [0.1, 0.15) is 29.6 Å². The first-order valence-electron chi connectivity index (χ1n) is 9.95. The number of aromatic amines is 1. The first-order valence-corrected chi connectivity index (χ1v) is 9.95. The minimum Gasteiger partial charge on any atom is -0.349 e. The van der Waals surface area contributed by atoms with Crippen molar-refractivity contribution in [3.63, 3.8) is 0 Å². The molecule has 1 unspecified atom stereocenters. The molecule has 6 nitrogen and oxygen atoms in total. The van der Waals surface area contributed by atoms with Gasteiger partial charge in [0.2, 0.25) is 0 Å². The van der Waals surface area contributed by atoms with E-state index in [1.54, 1.807) is 0 Å². The zero-order valence-corrected chi connectivity index (χ0v) is 16.1. The number of halogens is 2. The summed E-state index contributed by atoms with van der Waals surface area (Å²) in [6.07, 6.45) is 5.62. The van der Waals surface area contributed by atoms with Crippen molar-refractivity contribution in [1.29, 1.82) is 0 Å². The van der Waals surface area contributed by atoms with E-state index in [2.05, 4.69) is 30.4 Å². The number of hydrogen-bond acceptors (Lipinski definition) is 5. The number of nitrogens with one attached hydrogen (secondary N) is 2. The van der Waals surface area contributed by atoms with E-state index >= 15 is 0 Å². The number of nitrogens with zero attached hydrogens (tertiary/aromatic N) is 4. The minimum atomic E-state index is -0.565. The van der Waals surface area contributed by atoms with Crippen LogP contribution >= 0.6 is 0 Å². The Labute approximate surface area is 167 Å². The van der Waals surface area contributed by atoms with Gasteiger partial charge in [0.25, 0.3) is 0 Å². The molecule has 0 radical (unpaired) electrons. The normalized spacial score (nSPS) is 19.0. The highest BCUT2D eigenvalue weighted by Crippen LogP contribution is 2.41. The molecule has 1 aromatic carbocycles. The van der Waals surface area contributed by atoms with Gasteiger partial charge in [-0.2, -0.15) is 5.10 Å². The van der Waals surface area contributed by atoms with Crippen LogP contribution in [0.15, 0.2) is 30.6 Å². The van der Waals surface area contributed by atoms with Crippen molar-refractivity contribution in [1.82, 2.24) is 20.2 Å². The monoisotopic (exact) mass is 396 g/mol. The summed E-state index contributed by atoms with van der Waals surface area (Å²) in [5.74, 6) is 1.67. The van der Waals surface area contributed by atoms with Crippen molar-refractivity contribution in [2.24, 2.45) is 0 Å². The van der Waals surface area contributed by atoms with Gasteiger partial charge in [0.05, 0.1) is 6.04 Å². The predicted molar refractivity (Wildman–Crippen MR) is 106 cm³/mol. The fourth-order valence-corrected chi connectivity index (χ4v) is 4.10. The smallest absolute Gasteiger partial charge is 0.153 e. The van der Waals surface area contributed by atoms with Crippen LogP contribution in [-0.2, 0) is 0 Å². The molecule has 1 saturated carbocycles. The largest absolute Gasteiger partial charge is 0.349 e. The molecule has 2 N–H and O–H groups in total. The second-order valence-electron chi connectivity index (χ2n) is 7.80. The van der Waals surface area contributed by atoms with Gasteiger partial charge in [-0.25, -0.2) is 18.7 Å². The second kappa shape index (κ2) is 7.09. The molecule has 1 aliphatic carbocycles. The number of hydrogen-bond donors (Lipinski definition) is 2. The van der Waals surface area contributed by atoms with E-state index in [9.17, 15) is 8.78 Å². The Kier molecular flexibility index (Phi) is 4.41. The van der Waals surface area contributed by atoms with E-state index in [0.29, 0.717) is 17.3 Å². The fraction of sp³-hybridized carbons (Fsp3) is 0.381. The lowest BCUT2D eigenvalue weighted by Gasteiger charge is -2.28. The number of anilines is 3. The predicted octanol–water partition coefficient (Wildman–Crippen LogP) is 4.75. The summed E-state index contributed by atoms with van der Waals surface area (Å²) in [7, 11) is 0. The molecule has 2 fully saturated rings. The van der Waals surface area contributed by atoms with E-state index in [4.69, 9.17) is 0 Å². The van der Waals surface area contributed by atoms with Gasteiger partial charge in [-0.3, -0.25) is 5.10 Å². The van der Waals surface area contributed by atoms with E-state index in [-0.39, 0.29) is 6.04 Å². The Bertz CT molecular complexity index is 1050. The van der Waals surface area contributed by atoms with E-state index in [1.807, 2.05) is 13.0 Å². The maximum atomic E-state index is 14.4. The molecule has 1 saturated heterocycles. The Balaban J connectivity index is 1.43. The van der Waals surface area contributed by atoms with Crippen molar-refractivity contribution in [2.45, 2.75) is 44.6 Å². The molecule has 5 rings (SSSR count). The summed E-state index contributed by atoms with van der Waals surface area (Å²) in [5.41, 5.74) is 2.52. The average molecular weight is 396 g/mol. The van der Waals surface area contributed by atoms with Gasteiger partial charge in [-0.1, -0.05) is 6.07 Å². The lowest BCUT2D eigenvalue weighted by Crippen LogP contribution is -2.25. The third kappa shape index (κ3) is 3.43. The van der Waals surface area contributed by atoms with Crippen LogP contribution in [0.4, 0.5) is 26.2 Å². The molecule has 0 bridgehead atoms. The van der Waals surface area contributed by atoms with Crippen LogP contribution in [0.3, 0.4) is 0 Å². The number of aromatic nitrogens is 4. The van der Waals surface area contributed by atoms with Crippen molar-refractivity contribution >= 4 is 17.5 Å². The average Bonchev–Trinajstić information content (AvgIpc) is 3.25. The highest BCUT2D eigenvalue weighted by Gasteiger charge is 2.31. The highest BCUT2D eigenvalue weighted by molar-refractivity contribution is 5.64. The summed E-state index contributed by atoms with van der Waals surface area (Å²) in [5, 5.41) is 10.7. The second-order valence-corrected chi connectivity index (χ2v) is 7.80. The summed E-state index contributed by atoms with van der Waals surface area (Å²) in [6.45, 7) is 2.70. The first-order chi connectivity index (χ1) is 14.1. The maximum Gasteiger partial charge on any atom is 0.153 e. The Morgan fingerprint density at radius 1 is 1.14 bits per heavy atom. The molecule has 8 heteroatoms. The molecule has 3 heterocycles. The van der Waals surface area contributed by atoms with Gasteiger partial charge < -0.3 is 10.2 Å². The molecule has 0 spiro atoms. The van der Waals surface area contributed by atoms with Gasteiger partial charge in [-0.05, 0) is 38.7 Å². The highest BCUT2D eigenvalue weighted by atomic mass is 19.1. The summed E-state index contributed by atoms with van der Waals surface area (Å²) < 4.78 is 27.8. The summed E-state index contributed by atoms with van der Waals surface area (Å²) in [4.78, 5) is 10.9. The fourth-order valence-electron chi connectivity index (χ4n) is 4.10. The SMILES string of the molecule is Cc1c(Nc2cc(C3CC3)[nH]n2)ncnc1N1CCCC1c1ccc(F)cc1F. The van der Waals surface area contributed by atoms with Crippen molar-refractivity contribution < 1.29 is 8.78 Å². The molecule has 29 heavy (non-hydrogen) atoms. The van der Waals surface area contributed by atoms with Gasteiger partial charge in [0.15, 0.2) is 5.82 Å². The molecule has 3 aromatic rings. The van der Waals surface area contributed by atoms with Gasteiger partial charge >= 0.3 is 0 Å². The molecule has 2 aliphatic rings. The van der Waals surface area contributed by atoms with Crippen LogP contribution < -0.4 is 10.2 Å². The number of H-pyrrole nitrogens is 1. The van der Waals surface area contributed by atoms with Crippen molar-refractivity contribution in [3.8, 4) is 0 Å². The van der Waals surface area contributed by atoms with Crippen molar-refractivity contribution in [3.05, 3.63) is 59.0 Å². The molecular formula is C21H22F2N6. The Morgan fingerprint density at radius 2 is 2.00 bits per heavy atom. The summed E-state index contributed by atoms with van der Waals surface area (Å²) >= 11 is 0. The summed E-state index contributed by atoms with van der Waals surface area (Å²) in [6, 6.07) is 5.63. The molecule has 2 aromatic heterocycles.